The summed E-state index contributed by atoms with van der Waals surface area (Å²) in [7, 11) is 0. The summed E-state index contributed by atoms with van der Waals surface area (Å²) >= 11 is 18.7. The summed E-state index contributed by atoms with van der Waals surface area (Å²) in [4.78, 5) is 42.8. The van der Waals surface area contributed by atoms with Gasteiger partial charge in [-0.1, -0.05) is 95.5 Å². The summed E-state index contributed by atoms with van der Waals surface area (Å²) in [6, 6.07) is 27.0. The Labute approximate surface area is 250 Å². The fourth-order valence-electron chi connectivity index (χ4n) is 6.85. The van der Waals surface area contributed by atoms with Gasteiger partial charge in [-0.15, -0.1) is 0 Å². The Kier molecular flexibility index (Phi) is 6.05. The number of hydrogen-bond acceptors (Lipinski definition) is 4. The lowest BCUT2D eigenvalue weighted by Crippen LogP contribution is -2.54. The van der Waals surface area contributed by atoms with E-state index in [2.05, 4.69) is 10.5 Å². The van der Waals surface area contributed by atoms with Crippen molar-refractivity contribution in [3.8, 4) is 0 Å². The maximum absolute atomic E-state index is 14.4. The topological polar surface area (TPSA) is 78.8 Å². The molecule has 4 aromatic carbocycles. The van der Waals surface area contributed by atoms with Gasteiger partial charge in [0.2, 0.25) is 11.8 Å². The minimum Gasteiger partial charge on any atom is -0.274 e. The van der Waals surface area contributed by atoms with Crippen LogP contribution in [0.15, 0.2) is 96.1 Å². The van der Waals surface area contributed by atoms with Crippen LogP contribution in [-0.4, -0.2) is 23.9 Å². The Morgan fingerprint density at radius 2 is 1.44 bits per heavy atom. The number of benzene rings is 4. The van der Waals surface area contributed by atoms with Gasteiger partial charge < -0.3 is 0 Å². The molecule has 0 radical (unpaired) electrons. The summed E-state index contributed by atoms with van der Waals surface area (Å²) in [5.41, 5.74) is 5.64. The van der Waals surface area contributed by atoms with Gasteiger partial charge in [-0.05, 0) is 52.6 Å². The maximum atomic E-state index is 14.4. The van der Waals surface area contributed by atoms with Crippen molar-refractivity contribution in [1.29, 1.82) is 0 Å². The SMILES string of the molecule is O=C(N/N=C\C12c3ccccc3C(c3ccccc31)[C@@H]1C(=O)N(c3ccccc3Cl)C(=O)[C@H]12)c1ccc(Cl)cc1Cl. The molecule has 3 amide bonds. The summed E-state index contributed by atoms with van der Waals surface area (Å²) in [6.45, 7) is 0. The monoisotopic (exact) mass is 599 g/mol. The second-order valence-electron chi connectivity index (χ2n) is 10.3. The molecule has 9 heteroatoms. The number of anilines is 1. The molecule has 6 nitrogen and oxygen atoms in total. The van der Waals surface area contributed by atoms with E-state index in [-0.39, 0.29) is 28.3 Å². The largest absolute Gasteiger partial charge is 0.274 e. The smallest absolute Gasteiger partial charge is 0.272 e. The van der Waals surface area contributed by atoms with Crippen LogP contribution in [0.3, 0.4) is 0 Å². The number of nitrogens with zero attached hydrogens (tertiary/aromatic N) is 2. The highest BCUT2D eigenvalue weighted by Gasteiger charge is 2.68. The van der Waals surface area contributed by atoms with Crippen LogP contribution in [0.1, 0.15) is 38.5 Å². The second kappa shape index (κ2) is 9.55. The van der Waals surface area contributed by atoms with Crippen LogP contribution in [-0.2, 0) is 15.0 Å². The van der Waals surface area contributed by atoms with E-state index < -0.39 is 23.2 Å². The van der Waals surface area contributed by atoms with Gasteiger partial charge in [0.1, 0.15) is 0 Å². The van der Waals surface area contributed by atoms with Crippen LogP contribution in [0, 0.1) is 11.8 Å². The molecule has 0 saturated carbocycles. The van der Waals surface area contributed by atoms with Crippen molar-refractivity contribution in [2.24, 2.45) is 16.9 Å². The molecule has 8 rings (SSSR count). The van der Waals surface area contributed by atoms with E-state index in [1.165, 1.54) is 17.0 Å². The lowest BCUT2D eigenvalue weighted by Gasteiger charge is -2.52. The van der Waals surface area contributed by atoms with Crippen molar-refractivity contribution in [1.82, 2.24) is 5.43 Å². The van der Waals surface area contributed by atoms with Crippen LogP contribution in [0.2, 0.25) is 15.1 Å². The number of amides is 3. The highest BCUT2D eigenvalue weighted by Crippen LogP contribution is 2.63. The Morgan fingerprint density at radius 1 is 0.805 bits per heavy atom. The number of hydrazone groups is 1. The molecule has 1 aliphatic heterocycles. The van der Waals surface area contributed by atoms with Gasteiger partial charge in [-0.3, -0.25) is 14.4 Å². The first-order chi connectivity index (χ1) is 19.8. The fraction of sp³-hybridized carbons (Fsp3) is 0.125. The minimum absolute atomic E-state index is 0.184. The molecule has 4 aliphatic rings. The normalized spacial score (nSPS) is 23.9. The predicted octanol–water partition coefficient (Wildman–Crippen LogP) is 6.61. The average molecular weight is 601 g/mol. The van der Waals surface area contributed by atoms with Crippen molar-refractivity contribution in [3.63, 3.8) is 0 Å². The molecule has 1 fully saturated rings. The maximum Gasteiger partial charge on any atom is 0.272 e. The fourth-order valence-corrected chi connectivity index (χ4v) is 7.56. The van der Waals surface area contributed by atoms with E-state index in [0.29, 0.717) is 15.7 Å². The zero-order valence-corrected chi connectivity index (χ0v) is 23.5. The van der Waals surface area contributed by atoms with Gasteiger partial charge >= 0.3 is 0 Å². The molecule has 41 heavy (non-hydrogen) atoms. The van der Waals surface area contributed by atoms with Gasteiger partial charge in [-0.2, -0.15) is 5.10 Å². The van der Waals surface area contributed by atoms with E-state index in [4.69, 9.17) is 34.8 Å². The van der Waals surface area contributed by atoms with Gasteiger partial charge in [0.05, 0.1) is 38.5 Å². The summed E-state index contributed by atoms with van der Waals surface area (Å²) < 4.78 is 0. The Hall–Kier alpha value is -3.97. The Morgan fingerprint density at radius 3 is 2.10 bits per heavy atom. The number of para-hydroxylation sites is 1. The van der Waals surface area contributed by atoms with E-state index >= 15 is 0 Å². The lowest BCUT2D eigenvalue weighted by atomic mass is 9.47. The first kappa shape index (κ1) is 26.0. The van der Waals surface area contributed by atoms with Crippen LogP contribution in [0.4, 0.5) is 5.69 Å². The lowest BCUT2D eigenvalue weighted by molar-refractivity contribution is -0.122. The number of nitrogens with one attached hydrogen (secondary N) is 1. The minimum atomic E-state index is -1.13. The molecule has 3 aliphatic carbocycles. The first-order valence-corrected chi connectivity index (χ1v) is 14.1. The highest BCUT2D eigenvalue weighted by molar-refractivity contribution is 6.37. The van der Waals surface area contributed by atoms with Crippen molar-refractivity contribution in [2.75, 3.05) is 4.90 Å². The number of carbonyl (C=O) groups is 3. The van der Waals surface area contributed by atoms with Gasteiger partial charge in [0, 0.05) is 17.2 Å². The van der Waals surface area contributed by atoms with Crippen LogP contribution in [0.5, 0.6) is 0 Å². The third kappa shape index (κ3) is 3.64. The van der Waals surface area contributed by atoms with Crippen molar-refractivity contribution >= 4 is 64.4 Å². The average Bonchev–Trinajstić information content (AvgIpc) is 3.24. The zero-order chi connectivity index (χ0) is 28.5. The summed E-state index contributed by atoms with van der Waals surface area (Å²) in [6.07, 6.45) is 1.60. The van der Waals surface area contributed by atoms with Crippen molar-refractivity contribution in [2.45, 2.75) is 11.3 Å². The predicted molar refractivity (Wildman–Crippen MR) is 159 cm³/mol. The van der Waals surface area contributed by atoms with E-state index in [9.17, 15) is 14.4 Å². The number of carbonyl (C=O) groups excluding carboxylic acids is 3. The van der Waals surface area contributed by atoms with Gasteiger partial charge in [0.15, 0.2) is 0 Å². The Bertz CT molecular complexity index is 1770. The molecule has 1 heterocycles. The number of hydrogen-bond donors (Lipinski definition) is 1. The van der Waals surface area contributed by atoms with Crippen molar-refractivity contribution in [3.05, 3.63) is 134 Å². The summed E-state index contributed by atoms with van der Waals surface area (Å²) in [5, 5.41) is 5.31. The van der Waals surface area contributed by atoms with Crippen molar-refractivity contribution < 1.29 is 14.4 Å². The molecule has 0 aromatic heterocycles. The number of imide groups is 1. The molecule has 202 valence electrons. The zero-order valence-electron chi connectivity index (χ0n) is 21.2. The quantitative estimate of drug-likeness (QED) is 0.163. The molecular formula is C32H20Cl3N3O3. The molecule has 2 atom stereocenters. The number of halogens is 3. The van der Waals surface area contributed by atoms with E-state index in [1.807, 2.05) is 48.5 Å². The van der Waals surface area contributed by atoms with Crippen LogP contribution >= 0.6 is 34.8 Å². The molecule has 1 saturated heterocycles. The third-order valence-electron chi connectivity index (χ3n) is 8.39. The Balaban J connectivity index is 1.40. The summed E-state index contributed by atoms with van der Waals surface area (Å²) in [5.74, 6) is -3.02. The second-order valence-corrected chi connectivity index (χ2v) is 11.6. The molecule has 4 aromatic rings. The van der Waals surface area contributed by atoms with Crippen LogP contribution in [0.25, 0.3) is 0 Å². The third-order valence-corrected chi connectivity index (χ3v) is 9.25. The molecule has 1 N–H and O–H groups in total. The first-order valence-electron chi connectivity index (χ1n) is 13.0. The number of rotatable bonds is 4. The molecule has 0 spiro atoms. The standard InChI is InChI=1S/C32H20Cl3N3O3/c33-17-13-14-20(24(35)15-17)29(39)37-36-16-32-21-9-3-1-7-18(21)26(19-8-2-4-10-22(19)32)27-28(32)31(41)38(30(27)40)25-12-6-5-11-23(25)34/h1-16,26-28H,(H,37,39)/b36-16-/t26?,27-,28-,32?/m0/s1. The van der Waals surface area contributed by atoms with Gasteiger partial charge in [0.25, 0.3) is 5.91 Å². The van der Waals surface area contributed by atoms with E-state index in [1.54, 1.807) is 36.5 Å². The van der Waals surface area contributed by atoms with E-state index in [0.717, 1.165) is 22.3 Å². The van der Waals surface area contributed by atoms with Gasteiger partial charge in [-0.25, -0.2) is 10.3 Å². The molecule has 0 unspecified atom stereocenters. The highest BCUT2D eigenvalue weighted by atomic mass is 35.5. The molecular weight excluding hydrogens is 581 g/mol. The van der Waals surface area contributed by atoms with Crippen LogP contribution < -0.4 is 10.3 Å². The molecule has 2 bridgehead atoms.